The van der Waals surface area contributed by atoms with Crippen LogP contribution in [0.2, 0.25) is 0 Å². The van der Waals surface area contributed by atoms with Gasteiger partial charge in [-0.05, 0) is 6.92 Å². The quantitative estimate of drug-likeness (QED) is 0.942. The summed E-state index contributed by atoms with van der Waals surface area (Å²) in [6.45, 7) is 2.39. The van der Waals surface area contributed by atoms with Crippen molar-refractivity contribution >= 4 is 27.8 Å². The molecule has 2 heterocycles. The summed E-state index contributed by atoms with van der Waals surface area (Å²) in [5.41, 5.74) is 0.922. The highest BCUT2D eigenvalue weighted by atomic mass is 32.1. The van der Waals surface area contributed by atoms with Crippen LogP contribution < -0.4 is 5.32 Å². The Morgan fingerprint density at radius 2 is 2.11 bits per heavy atom. The Bertz CT molecular complexity index is 520. The molecule has 2 rings (SSSR count). The Morgan fingerprint density at radius 1 is 1.33 bits per heavy atom. The lowest BCUT2D eigenvalue weighted by molar-refractivity contribution is -0.138. The van der Waals surface area contributed by atoms with Crippen LogP contribution in [0.3, 0.4) is 0 Å². The van der Waals surface area contributed by atoms with Crippen LogP contribution in [0.5, 0.6) is 0 Å². The first-order valence-electron chi connectivity index (χ1n) is 5.01. The average Bonchev–Trinajstić information content (AvgIpc) is 2.87. The maximum atomic E-state index is 12.3. The molecule has 0 saturated carbocycles. The summed E-state index contributed by atoms with van der Waals surface area (Å²) < 4.78 is 36.8. The normalized spacial score (nSPS) is 11.8. The number of anilines is 1. The van der Waals surface area contributed by atoms with E-state index in [1.807, 2.05) is 12.3 Å². The minimum Gasteiger partial charge on any atom is -0.360 e. The van der Waals surface area contributed by atoms with E-state index in [1.54, 1.807) is 11.3 Å². The lowest BCUT2D eigenvalue weighted by Gasteiger charge is -1.99. The van der Waals surface area contributed by atoms with Crippen LogP contribution >= 0.6 is 22.7 Å². The van der Waals surface area contributed by atoms with Gasteiger partial charge in [0.1, 0.15) is 0 Å². The number of rotatable bonds is 4. The highest BCUT2D eigenvalue weighted by Crippen LogP contribution is 2.32. The molecule has 2 aromatic heterocycles. The van der Waals surface area contributed by atoms with Crippen molar-refractivity contribution in [1.29, 1.82) is 0 Å². The maximum absolute atomic E-state index is 12.3. The topological polar surface area (TPSA) is 50.7 Å². The van der Waals surface area contributed by atoms with Crippen LogP contribution in [0.1, 0.15) is 15.7 Å². The van der Waals surface area contributed by atoms with E-state index in [0.29, 0.717) is 24.3 Å². The van der Waals surface area contributed by atoms with Gasteiger partial charge in [0.25, 0.3) is 0 Å². The van der Waals surface area contributed by atoms with Crippen LogP contribution in [-0.4, -0.2) is 21.7 Å². The van der Waals surface area contributed by atoms with E-state index in [4.69, 9.17) is 0 Å². The van der Waals surface area contributed by atoms with Gasteiger partial charge in [-0.25, -0.2) is 4.98 Å². The maximum Gasteiger partial charge on any atom is 0.445 e. The molecule has 0 amide bonds. The van der Waals surface area contributed by atoms with Crippen molar-refractivity contribution in [3.05, 3.63) is 21.1 Å². The second kappa shape index (κ2) is 5.19. The third kappa shape index (κ3) is 3.39. The van der Waals surface area contributed by atoms with Crippen molar-refractivity contribution in [3.8, 4) is 0 Å². The third-order valence-electron chi connectivity index (χ3n) is 1.99. The third-order valence-corrected chi connectivity index (χ3v) is 3.74. The SMILES string of the molecule is Cc1nc(CCNc2nnc(C(F)(F)F)s2)cs1. The van der Waals surface area contributed by atoms with E-state index in [1.165, 1.54) is 0 Å². The van der Waals surface area contributed by atoms with Crippen molar-refractivity contribution in [1.82, 2.24) is 15.2 Å². The number of nitrogens with one attached hydrogen (secondary N) is 1. The molecule has 18 heavy (non-hydrogen) atoms. The Labute approximate surface area is 109 Å². The number of aryl methyl sites for hydroxylation is 1. The first kappa shape index (κ1) is 13.2. The van der Waals surface area contributed by atoms with E-state index in [2.05, 4.69) is 20.5 Å². The minimum atomic E-state index is -4.43. The molecule has 0 unspecified atom stereocenters. The van der Waals surface area contributed by atoms with Crippen LogP contribution in [0.25, 0.3) is 0 Å². The van der Waals surface area contributed by atoms with Gasteiger partial charge in [-0.3, -0.25) is 0 Å². The molecule has 4 nitrogen and oxygen atoms in total. The Morgan fingerprint density at radius 3 is 2.67 bits per heavy atom. The molecule has 0 aromatic carbocycles. The lowest BCUT2D eigenvalue weighted by Crippen LogP contribution is -2.04. The van der Waals surface area contributed by atoms with Gasteiger partial charge in [-0.1, -0.05) is 11.3 Å². The summed E-state index contributed by atoms with van der Waals surface area (Å²) in [6, 6.07) is 0. The number of alkyl halides is 3. The predicted octanol–water partition coefficient (Wildman–Crippen LogP) is 2.98. The summed E-state index contributed by atoms with van der Waals surface area (Å²) in [5, 5.41) is 11.5. The Balaban J connectivity index is 1.85. The van der Waals surface area contributed by atoms with E-state index in [0.717, 1.165) is 10.7 Å². The molecule has 1 N–H and O–H groups in total. The number of thiazole rings is 1. The van der Waals surface area contributed by atoms with Crippen molar-refractivity contribution in [3.63, 3.8) is 0 Å². The molecule has 9 heteroatoms. The van der Waals surface area contributed by atoms with Crippen molar-refractivity contribution in [2.24, 2.45) is 0 Å². The summed E-state index contributed by atoms with van der Waals surface area (Å²) >= 11 is 2.05. The van der Waals surface area contributed by atoms with E-state index in [9.17, 15) is 13.2 Å². The molecule has 0 fully saturated rings. The summed E-state index contributed by atoms with van der Waals surface area (Å²) in [6.07, 6.45) is -3.78. The van der Waals surface area contributed by atoms with E-state index < -0.39 is 11.2 Å². The second-order valence-electron chi connectivity index (χ2n) is 3.44. The molecular weight excluding hydrogens is 285 g/mol. The Kier molecular flexibility index (Phi) is 3.81. The van der Waals surface area contributed by atoms with Crippen molar-refractivity contribution in [2.45, 2.75) is 19.5 Å². The first-order chi connectivity index (χ1) is 8.45. The van der Waals surface area contributed by atoms with Gasteiger partial charge < -0.3 is 5.32 Å². The number of halogens is 3. The summed E-state index contributed by atoms with van der Waals surface area (Å²) in [5.74, 6) is 0. The van der Waals surface area contributed by atoms with Crippen LogP contribution in [0.15, 0.2) is 5.38 Å². The van der Waals surface area contributed by atoms with Gasteiger partial charge >= 0.3 is 6.18 Å². The predicted molar refractivity (Wildman–Crippen MR) is 64.0 cm³/mol. The van der Waals surface area contributed by atoms with Gasteiger partial charge in [-0.15, -0.1) is 21.5 Å². The zero-order valence-electron chi connectivity index (χ0n) is 9.28. The second-order valence-corrected chi connectivity index (χ2v) is 5.48. The molecular formula is C9H9F3N4S2. The highest BCUT2D eigenvalue weighted by Gasteiger charge is 2.35. The number of hydrogen-bond donors (Lipinski definition) is 1. The highest BCUT2D eigenvalue weighted by molar-refractivity contribution is 7.15. The van der Waals surface area contributed by atoms with Gasteiger partial charge in [0, 0.05) is 18.3 Å². The number of hydrogen-bond acceptors (Lipinski definition) is 6. The largest absolute Gasteiger partial charge is 0.445 e. The minimum absolute atomic E-state index is 0.175. The van der Waals surface area contributed by atoms with Gasteiger partial charge in [0.2, 0.25) is 10.1 Å². The molecule has 98 valence electrons. The fourth-order valence-electron chi connectivity index (χ4n) is 1.23. The number of nitrogens with zero attached hydrogens (tertiary/aromatic N) is 3. The molecule has 0 saturated heterocycles. The van der Waals surface area contributed by atoms with E-state index in [-0.39, 0.29) is 5.13 Å². The van der Waals surface area contributed by atoms with Crippen molar-refractivity contribution in [2.75, 3.05) is 11.9 Å². The molecule has 0 radical (unpaired) electrons. The average molecular weight is 294 g/mol. The van der Waals surface area contributed by atoms with Gasteiger partial charge in [0.05, 0.1) is 10.7 Å². The van der Waals surface area contributed by atoms with Gasteiger partial charge in [-0.2, -0.15) is 13.2 Å². The molecule has 0 aliphatic carbocycles. The zero-order chi connectivity index (χ0) is 13.2. The van der Waals surface area contributed by atoms with Crippen LogP contribution in [0.4, 0.5) is 18.3 Å². The first-order valence-corrected chi connectivity index (χ1v) is 6.70. The zero-order valence-corrected chi connectivity index (χ0v) is 10.9. The Hall–Kier alpha value is -1.22. The summed E-state index contributed by atoms with van der Waals surface area (Å²) in [4.78, 5) is 4.25. The molecule has 0 aliphatic heterocycles. The van der Waals surface area contributed by atoms with Crippen LogP contribution in [-0.2, 0) is 12.6 Å². The molecule has 0 bridgehead atoms. The smallest absolute Gasteiger partial charge is 0.360 e. The van der Waals surface area contributed by atoms with E-state index >= 15 is 0 Å². The van der Waals surface area contributed by atoms with Gasteiger partial charge in [0.15, 0.2) is 0 Å². The lowest BCUT2D eigenvalue weighted by atomic mass is 10.3. The van der Waals surface area contributed by atoms with Crippen molar-refractivity contribution < 1.29 is 13.2 Å². The number of aromatic nitrogens is 3. The molecule has 0 atom stereocenters. The molecule has 0 spiro atoms. The monoisotopic (exact) mass is 294 g/mol. The standard InChI is InChI=1S/C9H9F3N4S2/c1-5-14-6(4-17-5)2-3-13-8-16-15-7(18-8)9(10,11)12/h4H,2-3H2,1H3,(H,13,16). The molecule has 0 aliphatic rings. The fourth-order valence-corrected chi connectivity index (χ4v) is 2.51. The summed E-state index contributed by atoms with van der Waals surface area (Å²) in [7, 11) is 0. The fraction of sp³-hybridized carbons (Fsp3) is 0.444. The van der Waals surface area contributed by atoms with Crippen LogP contribution in [0, 0.1) is 6.92 Å². The molecule has 2 aromatic rings.